The maximum absolute atomic E-state index is 12.9. The Balaban J connectivity index is 3.47. The fourth-order valence-electron chi connectivity index (χ4n) is 0.774. The molecule has 0 atom stereocenters. The lowest BCUT2D eigenvalue weighted by Gasteiger charge is -1.96. The van der Waals surface area contributed by atoms with Gasteiger partial charge in [-0.2, -0.15) is 0 Å². The second-order valence-electron chi connectivity index (χ2n) is 2.10. The van der Waals surface area contributed by atoms with E-state index in [1.165, 1.54) is 0 Å². The molecule has 0 unspecified atom stereocenters. The third-order valence-electron chi connectivity index (χ3n) is 1.36. The molecule has 0 aliphatic heterocycles. The van der Waals surface area contributed by atoms with Crippen LogP contribution in [0.5, 0.6) is 0 Å². The van der Waals surface area contributed by atoms with Gasteiger partial charge in [0.05, 0.1) is 11.5 Å². The number of hydrogen-bond acceptors (Lipinski definition) is 2. The normalized spacial score (nSPS) is 9.31. The SMILES string of the molecule is [C-]#[N+]c1c(F)ccc([N+](=O)[O-])c1F. The molecule has 0 saturated heterocycles. The average Bonchev–Trinajstić information content (AvgIpc) is 2.04. The molecule has 4 nitrogen and oxygen atoms in total. The molecule has 0 radical (unpaired) electrons. The first-order valence-electron chi connectivity index (χ1n) is 3.07. The summed E-state index contributed by atoms with van der Waals surface area (Å²) >= 11 is 0. The van der Waals surface area contributed by atoms with Gasteiger partial charge in [-0.3, -0.25) is 10.1 Å². The monoisotopic (exact) mass is 184 g/mol. The van der Waals surface area contributed by atoms with Crippen LogP contribution in [-0.4, -0.2) is 4.92 Å². The maximum atomic E-state index is 12.9. The van der Waals surface area contributed by atoms with Crippen LogP contribution in [-0.2, 0) is 0 Å². The summed E-state index contributed by atoms with van der Waals surface area (Å²) in [5.41, 5.74) is -1.85. The number of nitro groups is 1. The largest absolute Gasteiger partial charge is 0.294 e. The molecule has 6 heteroatoms. The molecule has 0 saturated carbocycles. The third kappa shape index (κ3) is 1.44. The van der Waals surface area contributed by atoms with E-state index in [-0.39, 0.29) is 0 Å². The van der Waals surface area contributed by atoms with Crippen LogP contribution in [0.25, 0.3) is 4.85 Å². The molecule has 0 bridgehead atoms. The molecule has 0 aromatic heterocycles. The van der Waals surface area contributed by atoms with Gasteiger partial charge in [0.25, 0.3) is 11.4 Å². The van der Waals surface area contributed by atoms with Crippen LogP contribution in [0.1, 0.15) is 0 Å². The predicted octanol–water partition coefficient (Wildman–Crippen LogP) is 2.42. The maximum Gasteiger partial charge on any atom is 0.294 e. The van der Waals surface area contributed by atoms with E-state index in [0.29, 0.717) is 12.1 Å². The lowest BCUT2D eigenvalue weighted by molar-refractivity contribution is -0.387. The molecule has 0 amide bonds. The van der Waals surface area contributed by atoms with Crippen LogP contribution in [0.15, 0.2) is 12.1 Å². The molecule has 0 aliphatic rings. The first-order chi connectivity index (χ1) is 6.07. The van der Waals surface area contributed by atoms with Crippen LogP contribution < -0.4 is 0 Å². The van der Waals surface area contributed by atoms with Crippen molar-refractivity contribution < 1.29 is 13.7 Å². The van der Waals surface area contributed by atoms with Crippen molar-refractivity contribution in [2.24, 2.45) is 0 Å². The van der Waals surface area contributed by atoms with Gasteiger partial charge < -0.3 is 0 Å². The zero-order chi connectivity index (χ0) is 10.0. The van der Waals surface area contributed by atoms with Gasteiger partial charge in [0.15, 0.2) is 0 Å². The Morgan fingerprint density at radius 2 is 2.08 bits per heavy atom. The van der Waals surface area contributed by atoms with Crippen molar-refractivity contribution >= 4 is 11.4 Å². The van der Waals surface area contributed by atoms with E-state index in [9.17, 15) is 18.9 Å². The van der Waals surface area contributed by atoms with E-state index in [2.05, 4.69) is 4.85 Å². The summed E-state index contributed by atoms with van der Waals surface area (Å²) in [5.74, 6) is -2.53. The quantitative estimate of drug-likeness (QED) is 0.382. The minimum absolute atomic E-state index is 0.680. The Hall–Kier alpha value is -2.03. The average molecular weight is 184 g/mol. The van der Waals surface area contributed by atoms with Crippen molar-refractivity contribution in [1.82, 2.24) is 0 Å². The Morgan fingerprint density at radius 3 is 2.54 bits per heavy atom. The summed E-state index contributed by atoms with van der Waals surface area (Å²) < 4.78 is 25.5. The smallest absolute Gasteiger partial charge is 0.258 e. The third-order valence-corrected chi connectivity index (χ3v) is 1.36. The minimum Gasteiger partial charge on any atom is -0.258 e. The van der Waals surface area contributed by atoms with E-state index >= 15 is 0 Å². The molecule has 13 heavy (non-hydrogen) atoms. The molecule has 1 aromatic rings. The van der Waals surface area contributed by atoms with Crippen molar-refractivity contribution in [1.29, 1.82) is 0 Å². The summed E-state index contributed by atoms with van der Waals surface area (Å²) in [7, 11) is 0. The Labute approximate surface area is 71.4 Å². The van der Waals surface area contributed by atoms with Gasteiger partial charge in [-0.1, -0.05) is 0 Å². The number of nitrogens with zero attached hydrogens (tertiary/aromatic N) is 2. The molecule has 0 heterocycles. The predicted molar refractivity (Wildman–Crippen MR) is 39.3 cm³/mol. The lowest BCUT2D eigenvalue weighted by Crippen LogP contribution is -1.93. The molecule has 1 aromatic carbocycles. The van der Waals surface area contributed by atoms with Crippen LogP contribution >= 0.6 is 0 Å². The number of halogens is 2. The Bertz CT molecular complexity index is 412. The summed E-state index contributed by atoms with van der Waals surface area (Å²) in [6.45, 7) is 6.39. The highest BCUT2D eigenvalue weighted by Gasteiger charge is 2.20. The lowest BCUT2D eigenvalue weighted by atomic mass is 10.2. The first kappa shape index (κ1) is 9.06. The second kappa shape index (κ2) is 3.15. The number of rotatable bonds is 1. The van der Waals surface area contributed by atoms with Crippen LogP contribution in [0.2, 0.25) is 0 Å². The van der Waals surface area contributed by atoms with Gasteiger partial charge >= 0.3 is 0 Å². The molecule has 0 fully saturated rings. The minimum atomic E-state index is -1.43. The van der Waals surface area contributed by atoms with E-state index in [1.807, 2.05) is 0 Å². The van der Waals surface area contributed by atoms with Gasteiger partial charge in [0.1, 0.15) is 5.82 Å². The summed E-state index contributed by atoms with van der Waals surface area (Å²) in [5, 5.41) is 10.1. The molecule has 0 aliphatic carbocycles. The van der Waals surface area contributed by atoms with Crippen LogP contribution in [0, 0.1) is 28.3 Å². The van der Waals surface area contributed by atoms with Gasteiger partial charge in [-0.25, -0.2) is 13.6 Å². The molecule has 66 valence electrons. The van der Waals surface area contributed by atoms with Crippen molar-refractivity contribution in [3.8, 4) is 0 Å². The number of benzene rings is 1. The van der Waals surface area contributed by atoms with E-state index in [1.54, 1.807) is 0 Å². The van der Waals surface area contributed by atoms with Crippen molar-refractivity contribution in [2.75, 3.05) is 0 Å². The Morgan fingerprint density at radius 1 is 1.46 bits per heavy atom. The molecular formula is C7H2F2N2O2. The Kier molecular flexibility index (Phi) is 2.19. The van der Waals surface area contributed by atoms with Crippen molar-refractivity contribution in [3.63, 3.8) is 0 Å². The molecule has 0 spiro atoms. The highest BCUT2D eigenvalue weighted by Crippen LogP contribution is 2.29. The number of nitro benzene ring substituents is 1. The molecule has 0 N–H and O–H groups in total. The zero-order valence-corrected chi connectivity index (χ0v) is 6.12. The van der Waals surface area contributed by atoms with E-state index < -0.39 is 27.9 Å². The summed E-state index contributed by atoms with van der Waals surface area (Å²) in [6, 6.07) is 1.37. The zero-order valence-electron chi connectivity index (χ0n) is 6.12. The fourth-order valence-corrected chi connectivity index (χ4v) is 0.774. The van der Waals surface area contributed by atoms with E-state index in [0.717, 1.165) is 0 Å². The van der Waals surface area contributed by atoms with Gasteiger partial charge in [0, 0.05) is 6.07 Å². The summed E-state index contributed by atoms with van der Waals surface area (Å²) in [4.78, 5) is 11.6. The summed E-state index contributed by atoms with van der Waals surface area (Å²) in [6.07, 6.45) is 0. The highest BCUT2D eigenvalue weighted by atomic mass is 19.1. The highest BCUT2D eigenvalue weighted by molar-refractivity contribution is 5.54. The number of hydrogen-bond donors (Lipinski definition) is 0. The van der Waals surface area contributed by atoms with Gasteiger partial charge in [-0.05, 0) is 6.07 Å². The van der Waals surface area contributed by atoms with Gasteiger partial charge in [0.2, 0.25) is 5.82 Å². The second-order valence-corrected chi connectivity index (χ2v) is 2.10. The fraction of sp³-hybridized carbons (Fsp3) is 0. The van der Waals surface area contributed by atoms with Crippen LogP contribution in [0.3, 0.4) is 0 Å². The van der Waals surface area contributed by atoms with Crippen molar-refractivity contribution in [2.45, 2.75) is 0 Å². The first-order valence-corrected chi connectivity index (χ1v) is 3.07. The van der Waals surface area contributed by atoms with E-state index in [4.69, 9.17) is 6.57 Å². The van der Waals surface area contributed by atoms with Crippen LogP contribution in [0.4, 0.5) is 20.2 Å². The molecular weight excluding hydrogens is 182 g/mol. The topological polar surface area (TPSA) is 47.5 Å². The van der Waals surface area contributed by atoms with Crippen molar-refractivity contribution in [3.05, 3.63) is 45.3 Å². The standard InChI is InChI=1S/C7H2F2N2O2/c1-10-7-4(8)2-3-5(6(7)9)11(12)13/h2-3H. The van der Waals surface area contributed by atoms with Gasteiger partial charge in [-0.15, -0.1) is 0 Å². The molecule has 1 rings (SSSR count).